The number of rotatable bonds is 2. The summed E-state index contributed by atoms with van der Waals surface area (Å²) in [7, 11) is 0. The zero-order valence-electron chi connectivity index (χ0n) is 12.6. The summed E-state index contributed by atoms with van der Waals surface area (Å²) in [5, 5.41) is 14.4. The predicted octanol–water partition coefficient (Wildman–Crippen LogP) is 3.07. The summed E-state index contributed by atoms with van der Waals surface area (Å²) in [6, 6.07) is 0. The Morgan fingerprint density at radius 2 is 2.19 bits per heavy atom. The van der Waals surface area contributed by atoms with E-state index in [0.29, 0.717) is 24.7 Å². The number of likely N-dealkylation sites (tertiary alicyclic amines) is 1. The number of oxime groups is 1. The lowest BCUT2D eigenvalue weighted by Gasteiger charge is -2.32. The van der Waals surface area contributed by atoms with Gasteiger partial charge in [0.05, 0.1) is 16.9 Å². The van der Waals surface area contributed by atoms with E-state index in [0.717, 1.165) is 17.8 Å². The first-order valence-electron chi connectivity index (χ1n) is 7.00. The van der Waals surface area contributed by atoms with Gasteiger partial charge in [-0.15, -0.1) is 11.3 Å². The molecule has 2 heterocycles. The van der Waals surface area contributed by atoms with Gasteiger partial charge in [0.25, 0.3) is 0 Å². The number of hydrogen-bond donors (Lipinski definition) is 1. The topological polar surface area (TPSA) is 75.0 Å². The van der Waals surface area contributed by atoms with Crippen LogP contribution in [0.4, 0.5) is 4.79 Å². The van der Waals surface area contributed by atoms with Crippen LogP contribution < -0.4 is 0 Å². The fourth-order valence-corrected chi connectivity index (χ4v) is 3.18. The van der Waals surface area contributed by atoms with Crippen LogP contribution in [0.2, 0.25) is 0 Å². The second kappa shape index (κ2) is 6.43. The molecule has 1 fully saturated rings. The summed E-state index contributed by atoms with van der Waals surface area (Å²) in [5.74, 6) is 0.356. The Hall–Kier alpha value is -1.63. The second-order valence-electron chi connectivity index (χ2n) is 6.10. The minimum absolute atomic E-state index is 0.242. The van der Waals surface area contributed by atoms with Gasteiger partial charge in [-0.3, -0.25) is 0 Å². The summed E-state index contributed by atoms with van der Waals surface area (Å²) >= 11 is 1.57. The van der Waals surface area contributed by atoms with Crippen molar-refractivity contribution in [1.29, 1.82) is 0 Å². The monoisotopic (exact) mass is 311 g/mol. The summed E-state index contributed by atoms with van der Waals surface area (Å²) in [5.41, 5.74) is 0.217. The Kier molecular flexibility index (Phi) is 4.82. The number of piperidine rings is 1. The van der Waals surface area contributed by atoms with Gasteiger partial charge in [-0.25, -0.2) is 9.78 Å². The molecule has 1 amide bonds. The van der Waals surface area contributed by atoms with Gasteiger partial charge in [-0.2, -0.15) is 0 Å². The van der Waals surface area contributed by atoms with E-state index in [4.69, 9.17) is 9.94 Å². The normalized spacial score (nSPS) is 17.4. The van der Waals surface area contributed by atoms with E-state index in [1.807, 2.05) is 26.2 Å². The molecular formula is C14H21N3O3S. The molecule has 0 aromatic carbocycles. The molecule has 1 aliphatic rings. The molecule has 0 bridgehead atoms. The van der Waals surface area contributed by atoms with Gasteiger partial charge in [0, 0.05) is 24.4 Å². The average Bonchev–Trinajstić information content (AvgIpc) is 2.86. The van der Waals surface area contributed by atoms with Gasteiger partial charge < -0.3 is 14.8 Å². The molecule has 2 rings (SSSR count). The maximum atomic E-state index is 12.0. The second-order valence-corrected chi connectivity index (χ2v) is 6.99. The van der Waals surface area contributed by atoms with Crippen molar-refractivity contribution in [3.05, 3.63) is 16.1 Å². The van der Waals surface area contributed by atoms with Crippen LogP contribution in [0, 0.1) is 0 Å². The molecular weight excluding hydrogens is 290 g/mol. The first-order valence-corrected chi connectivity index (χ1v) is 7.88. The highest BCUT2D eigenvalue weighted by atomic mass is 32.1. The van der Waals surface area contributed by atoms with E-state index in [-0.39, 0.29) is 6.09 Å². The SMILES string of the molecule is CC(C)(C)OC(=O)N1CCC(c2nc(/C=N\O)cs2)CC1. The quantitative estimate of drug-likeness (QED) is 0.517. The Balaban J connectivity index is 1.89. The molecule has 1 aromatic rings. The fraction of sp³-hybridized carbons (Fsp3) is 0.643. The van der Waals surface area contributed by atoms with Crippen molar-refractivity contribution >= 4 is 23.6 Å². The average molecular weight is 311 g/mol. The van der Waals surface area contributed by atoms with E-state index >= 15 is 0 Å². The first kappa shape index (κ1) is 15.8. The summed E-state index contributed by atoms with van der Waals surface area (Å²) < 4.78 is 5.38. The van der Waals surface area contributed by atoms with Crippen molar-refractivity contribution in [3.63, 3.8) is 0 Å². The largest absolute Gasteiger partial charge is 0.444 e. The molecule has 0 spiro atoms. The number of carbonyl (C=O) groups excluding carboxylic acids is 1. The van der Waals surface area contributed by atoms with Gasteiger partial charge in [0.2, 0.25) is 0 Å². The third-order valence-corrected chi connectivity index (χ3v) is 4.25. The van der Waals surface area contributed by atoms with E-state index in [1.54, 1.807) is 16.2 Å². The van der Waals surface area contributed by atoms with Crippen LogP contribution in [0.5, 0.6) is 0 Å². The standard InChI is InChI=1S/C14H21N3O3S/c1-14(2,3)20-13(18)17-6-4-10(5-7-17)12-16-11(8-15-19)9-21-12/h8-10,19H,4-7H2,1-3H3/b15-8-. The lowest BCUT2D eigenvalue weighted by atomic mass is 9.98. The third kappa shape index (κ3) is 4.42. The lowest BCUT2D eigenvalue weighted by Crippen LogP contribution is -2.41. The van der Waals surface area contributed by atoms with Crippen molar-refractivity contribution in [2.45, 2.75) is 45.1 Å². The zero-order chi connectivity index (χ0) is 15.5. The first-order chi connectivity index (χ1) is 9.89. The van der Waals surface area contributed by atoms with Gasteiger partial charge >= 0.3 is 6.09 Å². The molecule has 0 atom stereocenters. The number of thiazole rings is 1. The Labute approximate surface area is 128 Å². The van der Waals surface area contributed by atoms with Crippen LogP contribution in [0.15, 0.2) is 10.5 Å². The number of nitrogens with zero attached hydrogens (tertiary/aromatic N) is 3. The highest BCUT2D eigenvalue weighted by molar-refractivity contribution is 7.09. The molecule has 0 saturated carbocycles. The molecule has 1 aliphatic heterocycles. The molecule has 0 radical (unpaired) electrons. The number of amides is 1. The molecule has 7 heteroatoms. The molecule has 116 valence electrons. The molecule has 6 nitrogen and oxygen atoms in total. The maximum absolute atomic E-state index is 12.0. The fourth-order valence-electron chi connectivity index (χ4n) is 2.24. The van der Waals surface area contributed by atoms with Crippen LogP contribution in [0.3, 0.4) is 0 Å². The Morgan fingerprint density at radius 1 is 1.52 bits per heavy atom. The molecule has 0 aliphatic carbocycles. The Bertz CT molecular complexity index is 514. The van der Waals surface area contributed by atoms with Crippen LogP contribution in [-0.2, 0) is 4.74 Å². The summed E-state index contributed by atoms with van der Waals surface area (Å²) in [4.78, 5) is 18.2. The van der Waals surface area contributed by atoms with Crippen LogP contribution in [0.1, 0.15) is 50.2 Å². The van der Waals surface area contributed by atoms with Gasteiger partial charge in [-0.1, -0.05) is 5.16 Å². The third-order valence-electron chi connectivity index (χ3n) is 3.23. The van der Waals surface area contributed by atoms with E-state index in [9.17, 15) is 4.79 Å². The minimum Gasteiger partial charge on any atom is -0.444 e. The number of carbonyl (C=O) groups is 1. The van der Waals surface area contributed by atoms with Gasteiger partial charge in [0.15, 0.2) is 0 Å². The molecule has 1 aromatic heterocycles. The molecule has 1 saturated heterocycles. The van der Waals surface area contributed by atoms with Crippen LogP contribution in [0.25, 0.3) is 0 Å². The highest BCUT2D eigenvalue weighted by Crippen LogP contribution is 2.30. The summed E-state index contributed by atoms with van der Waals surface area (Å²) in [6.45, 7) is 6.98. The number of aromatic nitrogens is 1. The predicted molar refractivity (Wildman–Crippen MR) is 81.3 cm³/mol. The van der Waals surface area contributed by atoms with Crippen molar-refractivity contribution in [3.8, 4) is 0 Å². The molecule has 0 unspecified atom stereocenters. The van der Waals surface area contributed by atoms with Gasteiger partial charge in [0.1, 0.15) is 5.60 Å². The van der Waals surface area contributed by atoms with Crippen molar-refractivity contribution < 1.29 is 14.7 Å². The minimum atomic E-state index is -0.457. The van der Waals surface area contributed by atoms with E-state index in [2.05, 4.69) is 10.1 Å². The Morgan fingerprint density at radius 3 is 2.76 bits per heavy atom. The molecule has 21 heavy (non-hydrogen) atoms. The summed E-state index contributed by atoms with van der Waals surface area (Å²) in [6.07, 6.45) is 2.84. The zero-order valence-corrected chi connectivity index (χ0v) is 13.4. The van der Waals surface area contributed by atoms with E-state index < -0.39 is 5.60 Å². The van der Waals surface area contributed by atoms with E-state index in [1.165, 1.54) is 6.21 Å². The smallest absolute Gasteiger partial charge is 0.410 e. The lowest BCUT2D eigenvalue weighted by molar-refractivity contribution is 0.0205. The number of hydrogen-bond acceptors (Lipinski definition) is 6. The maximum Gasteiger partial charge on any atom is 0.410 e. The highest BCUT2D eigenvalue weighted by Gasteiger charge is 2.28. The van der Waals surface area contributed by atoms with Gasteiger partial charge in [-0.05, 0) is 33.6 Å². The number of ether oxygens (including phenoxy) is 1. The van der Waals surface area contributed by atoms with Crippen molar-refractivity contribution in [2.75, 3.05) is 13.1 Å². The van der Waals surface area contributed by atoms with Crippen molar-refractivity contribution in [1.82, 2.24) is 9.88 Å². The van der Waals surface area contributed by atoms with Crippen molar-refractivity contribution in [2.24, 2.45) is 5.16 Å². The van der Waals surface area contributed by atoms with Crippen LogP contribution >= 0.6 is 11.3 Å². The van der Waals surface area contributed by atoms with Crippen LogP contribution in [-0.4, -0.2) is 46.1 Å². The molecule has 1 N–H and O–H groups in total.